The number of anilines is 1. The SMILES string of the molecule is CC[C@H](C(=O)N(C)Cc1ccccc1)N(c1cc([N+](=O)[O-])ccc1OC)S(C)(=O)=O. The van der Waals surface area contributed by atoms with Crippen molar-refractivity contribution in [3.63, 3.8) is 0 Å². The molecule has 0 N–H and O–H groups in total. The number of hydrogen-bond donors (Lipinski definition) is 0. The van der Waals surface area contributed by atoms with Crippen LogP contribution in [-0.4, -0.2) is 50.6 Å². The summed E-state index contributed by atoms with van der Waals surface area (Å²) in [6.45, 7) is 1.97. The molecule has 0 aliphatic heterocycles. The Morgan fingerprint density at radius 1 is 1.20 bits per heavy atom. The summed E-state index contributed by atoms with van der Waals surface area (Å²) in [4.78, 5) is 25.2. The zero-order chi connectivity index (χ0) is 22.5. The van der Waals surface area contributed by atoms with Crippen molar-refractivity contribution < 1.29 is 22.9 Å². The van der Waals surface area contributed by atoms with E-state index in [4.69, 9.17) is 4.74 Å². The highest BCUT2D eigenvalue weighted by atomic mass is 32.2. The van der Waals surface area contributed by atoms with Crippen LogP contribution in [0.4, 0.5) is 11.4 Å². The number of sulfonamides is 1. The van der Waals surface area contributed by atoms with Crippen molar-refractivity contribution in [2.75, 3.05) is 24.7 Å². The molecule has 0 aliphatic carbocycles. The molecule has 0 aromatic heterocycles. The predicted molar refractivity (Wildman–Crippen MR) is 114 cm³/mol. The summed E-state index contributed by atoms with van der Waals surface area (Å²) in [5.74, 6) is -0.316. The molecule has 0 radical (unpaired) electrons. The third kappa shape index (κ3) is 5.26. The van der Waals surface area contributed by atoms with Crippen LogP contribution in [0.3, 0.4) is 0 Å². The lowest BCUT2D eigenvalue weighted by Gasteiger charge is -2.33. The van der Waals surface area contributed by atoms with E-state index in [1.807, 2.05) is 30.3 Å². The van der Waals surface area contributed by atoms with Gasteiger partial charge in [-0.3, -0.25) is 19.2 Å². The first kappa shape index (κ1) is 23.1. The molecule has 2 aromatic rings. The van der Waals surface area contributed by atoms with Crippen molar-refractivity contribution in [2.45, 2.75) is 25.9 Å². The normalized spacial score (nSPS) is 12.1. The fourth-order valence-corrected chi connectivity index (χ4v) is 4.37. The van der Waals surface area contributed by atoms with E-state index in [-0.39, 0.29) is 23.5 Å². The molecule has 9 nitrogen and oxygen atoms in total. The lowest BCUT2D eigenvalue weighted by molar-refractivity contribution is -0.384. The first-order chi connectivity index (χ1) is 14.1. The number of non-ortho nitro benzene ring substituents is 1. The van der Waals surface area contributed by atoms with Crippen molar-refractivity contribution in [1.29, 1.82) is 0 Å². The smallest absolute Gasteiger partial charge is 0.271 e. The predicted octanol–water partition coefficient (Wildman–Crippen LogP) is 2.81. The molecule has 0 spiro atoms. The minimum atomic E-state index is -3.97. The third-order valence-corrected chi connectivity index (χ3v) is 5.73. The number of carbonyl (C=O) groups excluding carboxylic acids is 1. The van der Waals surface area contributed by atoms with Gasteiger partial charge in [-0.15, -0.1) is 0 Å². The number of ether oxygens (including phenoxy) is 1. The van der Waals surface area contributed by atoms with E-state index in [9.17, 15) is 23.3 Å². The maximum absolute atomic E-state index is 13.2. The number of nitro groups is 1. The van der Waals surface area contributed by atoms with E-state index in [2.05, 4.69) is 0 Å². The van der Waals surface area contributed by atoms with Gasteiger partial charge in [0.05, 0.1) is 18.3 Å². The Hall–Kier alpha value is -3.14. The summed E-state index contributed by atoms with van der Waals surface area (Å²) >= 11 is 0. The van der Waals surface area contributed by atoms with E-state index in [0.717, 1.165) is 22.2 Å². The molecule has 2 rings (SSSR count). The van der Waals surface area contributed by atoms with Crippen LogP contribution in [-0.2, 0) is 21.4 Å². The Kier molecular flexibility index (Phi) is 7.38. The average Bonchev–Trinajstić information content (AvgIpc) is 2.70. The molecule has 1 atom stereocenters. The van der Waals surface area contributed by atoms with Gasteiger partial charge in [-0.25, -0.2) is 8.42 Å². The van der Waals surface area contributed by atoms with Gasteiger partial charge in [0.1, 0.15) is 17.5 Å². The Morgan fingerprint density at radius 2 is 1.83 bits per heavy atom. The number of carbonyl (C=O) groups is 1. The van der Waals surface area contributed by atoms with E-state index in [0.29, 0.717) is 6.54 Å². The van der Waals surface area contributed by atoms with E-state index in [1.165, 1.54) is 24.1 Å². The number of nitrogens with zero attached hydrogens (tertiary/aromatic N) is 3. The van der Waals surface area contributed by atoms with Gasteiger partial charge < -0.3 is 9.64 Å². The summed E-state index contributed by atoms with van der Waals surface area (Å²) < 4.78 is 31.5. The van der Waals surface area contributed by atoms with Crippen LogP contribution in [0.1, 0.15) is 18.9 Å². The molecular weight excluding hydrogens is 410 g/mol. The van der Waals surface area contributed by atoms with Gasteiger partial charge in [-0.05, 0) is 18.1 Å². The Balaban J connectivity index is 2.50. The van der Waals surface area contributed by atoms with Crippen LogP contribution >= 0.6 is 0 Å². The van der Waals surface area contributed by atoms with Crippen LogP contribution in [0.2, 0.25) is 0 Å². The van der Waals surface area contributed by atoms with Crippen molar-refractivity contribution in [2.24, 2.45) is 0 Å². The molecule has 0 unspecified atom stereocenters. The van der Waals surface area contributed by atoms with Gasteiger partial charge in [0.2, 0.25) is 15.9 Å². The highest BCUT2D eigenvalue weighted by molar-refractivity contribution is 7.92. The Labute approximate surface area is 176 Å². The second-order valence-electron chi connectivity index (χ2n) is 6.78. The number of methoxy groups -OCH3 is 1. The van der Waals surface area contributed by atoms with Crippen molar-refractivity contribution in [3.05, 3.63) is 64.2 Å². The van der Waals surface area contributed by atoms with Gasteiger partial charge in [0.15, 0.2) is 0 Å². The zero-order valence-electron chi connectivity index (χ0n) is 17.3. The van der Waals surface area contributed by atoms with Crippen LogP contribution in [0.15, 0.2) is 48.5 Å². The first-order valence-corrected chi connectivity index (χ1v) is 11.1. The van der Waals surface area contributed by atoms with E-state index < -0.39 is 26.9 Å². The molecular formula is C20H25N3O6S. The first-order valence-electron chi connectivity index (χ1n) is 9.20. The largest absolute Gasteiger partial charge is 0.495 e. The number of amides is 1. The standard InChI is InChI=1S/C20H25N3O6S/c1-5-17(20(24)21(2)14-15-9-7-6-8-10-15)22(30(4,27)28)18-13-16(23(25)26)11-12-19(18)29-3/h6-13,17H,5,14H2,1-4H3/t17-/m1/s1. The molecule has 0 saturated heterocycles. The zero-order valence-corrected chi connectivity index (χ0v) is 18.1. The Bertz CT molecular complexity index is 1010. The number of hydrogen-bond acceptors (Lipinski definition) is 6. The fourth-order valence-electron chi connectivity index (χ4n) is 3.17. The maximum Gasteiger partial charge on any atom is 0.271 e. The van der Waals surface area contributed by atoms with Crippen LogP contribution < -0.4 is 9.04 Å². The third-order valence-electron chi connectivity index (χ3n) is 4.56. The minimum absolute atomic E-state index is 0.0532. The highest BCUT2D eigenvalue weighted by Gasteiger charge is 2.35. The lowest BCUT2D eigenvalue weighted by atomic mass is 10.1. The quantitative estimate of drug-likeness (QED) is 0.442. The summed E-state index contributed by atoms with van der Waals surface area (Å²) in [6, 6.07) is 11.8. The van der Waals surface area contributed by atoms with Gasteiger partial charge in [0.25, 0.3) is 5.69 Å². The number of benzene rings is 2. The van der Waals surface area contributed by atoms with Gasteiger partial charge in [-0.2, -0.15) is 0 Å². The van der Waals surface area contributed by atoms with E-state index in [1.54, 1.807) is 14.0 Å². The molecule has 2 aromatic carbocycles. The van der Waals surface area contributed by atoms with E-state index >= 15 is 0 Å². The summed E-state index contributed by atoms with van der Waals surface area (Å²) in [6.07, 6.45) is 1.12. The van der Waals surface area contributed by atoms with Gasteiger partial charge in [-0.1, -0.05) is 37.3 Å². The van der Waals surface area contributed by atoms with Gasteiger partial charge >= 0.3 is 0 Å². The molecule has 0 saturated carbocycles. The molecule has 30 heavy (non-hydrogen) atoms. The minimum Gasteiger partial charge on any atom is -0.495 e. The molecule has 162 valence electrons. The Morgan fingerprint density at radius 3 is 2.33 bits per heavy atom. The monoisotopic (exact) mass is 435 g/mol. The van der Waals surface area contributed by atoms with Crippen molar-refractivity contribution >= 4 is 27.3 Å². The van der Waals surface area contributed by atoms with Gasteiger partial charge in [0, 0.05) is 25.7 Å². The summed E-state index contributed by atoms with van der Waals surface area (Å²) in [5, 5.41) is 11.2. The van der Waals surface area contributed by atoms with Crippen LogP contribution in [0.5, 0.6) is 5.75 Å². The second-order valence-corrected chi connectivity index (χ2v) is 8.64. The topological polar surface area (TPSA) is 110 Å². The number of likely N-dealkylation sites (N-methyl/N-ethyl adjacent to an activating group) is 1. The molecule has 0 fully saturated rings. The molecule has 0 heterocycles. The highest BCUT2D eigenvalue weighted by Crippen LogP contribution is 2.36. The van der Waals surface area contributed by atoms with Crippen LogP contribution in [0, 0.1) is 10.1 Å². The molecule has 10 heteroatoms. The molecule has 1 amide bonds. The summed E-state index contributed by atoms with van der Waals surface area (Å²) in [7, 11) is -1.06. The molecule has 0 aliphatic rings. The lowest BCUT2D eigenvalue weighted by Crippen LogP contribution is -2.49. The summed E-state index contributed by atoms with van der Waals surface area (Å²) in [5.41, 5.74) is 0.531. The van der Waals surface area contributed by atoms with Crippen LogP contribution in [0.25, 0.3) is 0 Å². The van der Waals surface area contributed by atoms with Crippen molar-refractivity contribution in [1.82, 2.24) is 4.90 Å². The number of nitro benzene ring substituents is 1. The maximum atomic E-state index is 13.2. The van der Waals surface area contributed by atoms with Crippen molar-refractivity contribution in [3.8, 4) is 5.75 Å². The number of rotatable bonds is 9. The molecule has 0 bridgehead atoms. The fraction of sp³-hybridized carbons (Fsp3) is 0.350. The average molecular weight is 436 g/mol. The second kappa shape index (κ2) is 9.57.